The molecule has 0 unspecified atom stereocenters. The molecule has 0 aromatic carbocycles. The van der Waals surface area contributed by atoms with Gasteiger partial charge >= 0.3 is 6.09 Å². The zero-order valence-electron chi connectivity index (χ0n) is 11.2. The Morgan fingerprint density at radius 2 is 2.06 bits per heavy atom. The Morgan fingerprint density at radius 3 is 2.65 bits per heavy atom. The molecule has 0 radical (unpaired) electrons. The second-order valence-corrected chi connectivity index (χ2v) is 6.24. The largest absolute Gasteiger partial charge is 0.444 e. The van der Waals surface area contributed by atoms with Crippen molar-refractivity contribution in [1.82, 2.24) is 10.2 Å². The van der Waals surface area contributed by atoms with Crippen LogP contribution in [0.15, 0.2) is 0 Å². The molecule has 4 heteroatoms. The van der Waals surface area contributed by atoms with Crippen LogP contribution in [0.5, 0.6) is 0 Å². The van der Waals surface area contributed by atoms with Gasteiger partial charge in [-0.05, 0) is 53.0 Å². The van der Waals surface area contributed by atoms with Crippen molar-refractivity contribution in [2.24, 2.45) is 0 Å². The highest BCUT2D eigenvalue weighted by molar-refractivity contribution is 5.69. The maximum absolute atomic E-state index is 12.3. The second-order valence-electron chi connectivity index (χ2n) is 6.24. The number of nitrogens with one attached hydrogen (secondary N) is 1. The monoisotopic (exact) mass is 240 g/mol. The molecule has 0 aromatic heterocycles. The van der Waals surface area contributed by atoms with Crippen molar-refractivity contribution in [3.63, 3.8) is 0 Å². The van der Waals surface area contributed by atoms with Crippen molar-refractivity contribution in [3.8, 4) is 0 Å². The minimum Gasteiger partial charge on any atom is -0.444 e. The number of rotatable bonds is 0. The van der Waals surface area contributed by atoms with Gasteiger partial charge in [-0.2, -0.15) is 0 Å². The molecule has 1 N–H and O–H groups in total. The summed E-state index contributed by atoms with van der Waals surface area (Å²) in [7, 11) is 0. The number of hydrogen-bond acceptors (Lipinski definition) is 3. The van der Waals surface area contributed by atoms with E-state index in [0.29, 0.717) is 0 Å². The SMILES string of the molecule is CC(C)(C)OC(=O)N1CCCC[C@]12CCNC2. The minimum absolute atomic E-state index is 0.0284. The summed E-state index contributed by atoms with van der Waals surface area (Å²) in [5, 5.41) is 3.38. The summed E-state index contributed by atoms with van der Waals surface area (Å²) in [4.78, 5) is 14.2. The fraction of sp³-hybridized carbons (Fsp3) is 0.923. The third kappa shape index (κ3) is 2.73. The highest BCUT2D eigenvalue weighted by atomic mass is 16.6. The van der Waals surface area contributed by atoms with Gasteiger partial charge in [-0.1, -0.05) is 0 Å². The fourth-order valence-electron chi connectivity index (χ4n) is 2.87. The Bertz CT molecular complexity index is 290. The lowest BCUT2D eigenvalue weighted by Crippen LogP contribution is -2.56. The van der Waals surface area contributed by atoms with Crippen LogP contribution in [0, 0.1) is 0 Å². The number of carbonyl (C=O) groups excluding carboxylic acids is 1. The molecule has 98 valence electrons. The molecule has 0 aromatic rings. The van der Waals surface area contributed by atoms with Crippen LogP contribution in [-0.2, 0) is 4.74 Å². The molecular formula is C13H24N2O2. The van der Waals surface area contributed by atoms with E-state index in [2.05, 4.69) is 5.32 Å². The highest BCUT2D eigenvalue weighted by Gasteiger charge is 2.44. The Kier molecular flexibility index (Phi) is 3.34. The van der Waals surface area contributed by atoms with Gasteiger partial charge in [0.2, 0.25) is 0 Å². The number of hydrogen-bond donors (Lipinski definition) is 1. The second kappa shape index (κ2) is 4.48. The molecule has 2 heterocycles. The average Bonchev–Trinajstić information content (AvgIpc) is 2.65. The molecule has 0 aliphatic carbocycles. The standard InChI is InChI=1S/C13H24N2O2/c1-12(2,3)17-11(16)15-9-5-4-6-13(15)7-8-14-10-13/h14H,4-10H2,1-3H3/t13-/m1/s1. The Morgan fingerprint density at radius 1 is 1.29 bits per heavy atom. The third-order valence-corrected chi connectivity index (χ3v) is 3.68. The number of piperidine rings is 1. The molecule has 0 bridgehead atoms. The van der Waals surface area contributed by atoms with Crippen LogP contribution in [0.3, 0.4) is 0 Å². The van der Waals surface area contributed by atoms with E-state index in [4.69, 9.17) is 4.74 Å². The summed E-state index contributed by atoms with van der Waals surface area (Å²) in [5.41, 5.74) is -0.373. The first-order valence-corrected chi connectivity index (χ1v) is 6.64. The van der Waals surface area contributed by atoms with Gasteiger partial charge in [0.15, 0.2) is 0 Å². The van der Waals surface area contributed by atoms with E-state index in [0.717, 1.165) is 38.9 Å². The maximum Gasteiger partial charge on any atom is 0.410 e. The lowest BCUT2D eigenvalue weighted by Gasteiger charge is -2.44. The number of ether oxygens (including phenoxy) is 1. The van der Waals surface area contributed by atoms with Gasteiger partial charge < -0.3 is 15.0 Å². The number of carbonyl (C=O) groups is 1. The lowest BCUT2D eigenvalue weighted by atomic mass is 9.86. The normalized spacial score (nSPS) is 29.7. The van der Waals surface area contributed by atoms with Crippen LogP contribution in [0.1, 0.15) is 46.5 Å². The van der Waals surface area contributed by atoms with Crippen molar-refractivity contribution in [1.29, 1.82) is 0 Å². The third-order valence-electron chi connectivity index (χ3n) is 3.68. The fourth-order valence-corrected chi connectivity index (χ4v) is 2.87. The van der Waals surface area contributed by atoms with E-state index in [1.807, 2.05) is 25.7 Å². The first-order chi connectivity index (χ1) is 7.93. The molecule has 2 rings (SSSR count). The van der Waals surface area contributed by atoms with Crippen LogP contribution in [0.4, 0.5) is 4.79 Å². The van der Waals surface area contributed by atoms with Crippen molar-refractivity contribution < 1.29 is 9.53 Å². The molecule has 1 amide bonds. The summed E-state index contributed by atoms with van der Waals surface area (Å²) < 4.78 is 5.52. The van der Waals surface area contributed by atoms with E-state index >= 15 is 0 Å². The van der Waals surface area contributed by atoms with Gasteiger partial charge in [0, 0.05) is 13.1 Å². The molecule has 1 atom stereocenters. The Hall–Kier alpha value is -0.770. The maximum atomic E-state index is 12.3. The Labute approximate surface area is 104 Å². The number of likely N-dealkylation sites (tertiary alicyclic amines) is 1. The Balaban J connectivity index is 2.08. The quantitative estimate of drug-likeness (QED) is 0.705. The van der Waals surface area contributed by atoms with Crippen LogP contribution < -0.4 is 5.32 Å². The molecule has 4 nitrogen and oxygen atoms in total. The molecule has 0 saturated carbocycles. The molecule has 2 saturated heterocycles. The summed E-state index contributed by atoms with van der Waals surface area (Å²) in [6.45, 7) is 8.55. The minimum atomic E-state index is -0.401. The molecule has 2 aliphatic rings. The van der Waals surface area contributed by atoms with E-state index in [-0.39, 0.29) is 11.6 Å². The highest BCUT2D eigenvalue weighted by Crippen LogP contribution is 2.34. The van der Waals surface area contributed by atoms with Crippen LogP contribution in [0.25, 0.3) is 0 Å². The van der Waals surface area contributed by atoms with Crippen molar-refractivity contribution in [2.75, 3.05) is 19.6 Å². The first-order valence-electron chi connectivity index (χ1n) is 6.64. The van der Waals surface area contributed by atoms with Gasteiger partial charge in [-0.15, -0.1) is 0 Å². The van der Waals surface area contributed by atoms with Crippen molar-refractivity contribution in [3.05, 3.63) is 0 Å². The van der Waals surface area contributed by atoms with Gasteiger partial charge in [-0.25, -0.2) is 4.79 Å². The summed E-state index contributed by atoms with van der Waals surface area (Å²) in [6, 6.07) is 0. The van der Waals surface area contributed by atoms with Gasteiger partial charge in [0.05, 0.1) is 5.54 Å². The lowest BCUT2D eigenvalue weighted by molar-refractivity contribution is -0.0107. The van der Waals surface area contributed by atoms with E-state index in [1.165, 1.54) is 6.42 Å². The van der Waals surface area contributed by atoms with Crippen LogP contribution in [-0.4, -0.2) is 41.8 Å². The van der Waals surface area contributed by atoms with Crippen LogP contribution in [0.2, 0.25) is 0 Å². The smallest absolute Gasteiger partial charge is 0.410 e. The summed E-state index contributed by atoms with van der Waals surface area (Å²) >= 11 is 0. The zero-order chi connectivity index (χ0) is 12.5. The van der Waals surface area contributed by atoms with Gasteiger partial charge in [0.1, 0.15) is 5.60 Å². The van der Waals surface area contributed by atoms with Crippen molar-refractivity contribution >= 4 is 6.09 Å². The van der Waals surface area contributed by atoms with Crippen molar-refractivity contribution in [2.45, 2.75) is 57.6 Å². The van der Waals surface area contributed by atoms with Gasteiger partial charge in [-0.3, -0.25) is 0 Å². The number of nitrogens with zero attached hydrogens (tertiary/aromatic N) is 1. The van der Waals surface area contributed by atoms with E-state index in [1.54, 1.807) is 0 Å². The molecule has 2 fully saturated rings. The predicted molar refractivity (Wildman–Crippen MR) is 67.0 cm³/mol. The van der Waals surface area contributed by atoms with E-state index in [9.17, 15) is 4.79 Å². The van der Waals surface area contributed by atoms with E-state index < -0.39 is 5.60 Å². The predicted octanol–water partition coefficient (Wildman–Crippen LogP) is 2.14. The van der Waals surface area contributed by atoms with Crippen LogP contribution >= 0.6 is 0 Å². The molecule has 2 aliphatic heterocycles. The summed E-state index contributed by atoms with van der Waals surface area (Å²) in [6.07, 6.45) is 4.36. The van der Waals surface area contributed by atoms with Gasteiger partial charge in [0.25, 0.3) is 0 Å². The molecular weight excluding hydrogens is 216 g/mol. The average molecular weight is 240 g/mol. The molecule has 1 spiro atoms. The summed E-state index contributed by atoms with van der Waals surface area (Å²) in [5.74, 6) is 0. The zero-order valence-corrected chi connectivity index (χ0v) is 11.2. The first kappa shape index (κ1) is 12.7. The molecule has 17 heavy (non-hydrogen) atoms. The topological polar surface area (TPSA) is 41.6 Å². The number of amides is 1.